The number of aryl methyl sites for hydroxylation is 5. The summed E-state index contributed by atoms with van der Waals surface area (Å²) in [6.07, 6.45) is 2.30. The van der Waals surface area contributed by atoms with Crippen LogP contribution in [0.5, 0.6) is 0 Å². The molecule has 0 saturated carbocycles. The van der Waals surface area contributed by atoms with E-state index in [1.165, 1.54) is 11.8 Å². The maximum absolute atomic E-state index is 12.8. The Balaban J connectivity index is 1.49. The second kappa shape index (κ2) is 8.68. The lowest BCUT2D eigenvalue weighted by Gasteiger charge is -2.10. The number of nitrogens with zero attached hydrogens (tertiary/aromatic N) is 4. The molecule has 0 radical (unpaired) electrons. The lowest BCUT2D eigenvalue weighted by Crippen LogP contribution is -2.16. The van der Waals surface area contributed by atoms with E-state index < -0.39 is 5.91 Å². The third-order valence-corrected chi connectivity index (χ3v) is 6.00. The Kier molecular flexibility index (Phi) is 5.52. The third-order valence-electron chi connectivity index (χ3n) is 6.00. The van der Waals surface area contributed by atoms with E-state index in [4.69, 9.17) is 10.8 Å². The van der Waals surface area contributed by atoms with Gasteiger partial charge in [-0.05, 0) is 62.6 Å². The zero-order valence-corrected chi connectivity index (χ0v) is 19.7. The first-order valence-electron chi connectivity index (χ1n) is 11.3. The van der Waals surface area contributed by atoms with Gasteiger partial charge in [-0.25, -0.2) is 9.67 Å². The number of nitrogens with one attached hydrogen (secondary N) is 2. The lowest BCUT2D eigenvalue weighted by molar-refractivity contribution is 0.0997. The summed E-state index contributed by atoms with van der Waals surface area (Å²) in [5.74, 6) is 0.0570. The van der Waals surface area contributed by atoms with Gasteiger partial charge in [0.05, 0.1) is 0 Å². The van der Waals surface area contributed by atoms with Crippen LogP contribution in [-0.4, -0.2) is 31.6 Å². The zero-order valence-electron chi connectivity index (χ0n) is 19.7. The van der Waals surface area contributed by atoms with Gasteiger partial charge < -0.3 is 16.4 Å². The highest BCUT2D eigenvalue weighted by Crippen LogP contribution is 2.34. The van der Waals surface area contributed by atoms with Crippen LogP contribution in [0.15, 0.2) is 48.7 Å². The number of anilines is 3. The summed E-state index contributed by atoms with van der Waals surface area (Å²) in [4.78, 5) is 34.0. The molecule has 2 amide bonds. The maximum Gasteiger partial charge on any atom is 0.275 e. The van der Waals surface area contributed by atoms with Crippen molar-refractivity contribution in [2.45, 2.75) is 33.7 Å². The van der Waals surface area contributed by atoms with Crippen molar-refractivity contribution >= 4 is 29.1 Å². The first-order valence-corrected chi connectivity index (χ1v) is 11.3. The summed E-state index contributed by atoms with van der Waals surface area (Å²) in [6.45, 7) is 6.28. The molecule has 1 aromatic carbocycles. The van der Waals surface area contributed by atoms with Crippen LogP contribution in [0.25, 0.3) is 11.3 Å². The maximum atomic E-state index is 12.8. The minimum Gasteiger partial charge on any atom is -0.365 e. The van der Waals surface area contributed by atoms with Gasteiger partial charge in [0.25, 0.3) is 11.8 Å². The van der Waals surface area contributed by atoms with Gasteiger partial charge in [-0.3, -0.25) is 14.6 Å². The van der Waals surface area contributed by atoms with Gasteiger partial charge in [-0.1, -0.05) is 23.8 Å². The van der Waals surface area contributed by atoms with Crippen molar-refractivity contribution in [3.63, 3.8) is 0 Å². The third kappa shape index (κ3) is 4.23. The van der Waals surface area contributed by atoms with Gasteiger partial charge in [0.2, 0.25) is 0 Å². The molecule has 0 saturated heterocycles. The average Bonchev–Trinajstić information content (AvgIpc) is 3.08. The number of rotatable bonds is 4. The van der Waals surface area contributed by atoms with Crippen molar-refractivity contribution in [2.75, 3.05) is 10.6 Å². The SMILES string of the molecule is Cc1ccc2c(c1)CCn1nc(-c3cnc(C(=O)Nc4cccc(C)n4)c(C)c3)c(C(N)=O)c1N2. The van der Waals surface area contributed by atoms with Gasteiger partial charge in [0, 0.05) is 29.7 Å². The second-order valence-electron chi connectivity index (χ2n) is 8.70. The molecule has 9 nitrogen and oxygen atoms in total. The van der Waals surface area contributed by atoms with Crippen LogP contribution in [0, 0.1) is 20.8 Å². The number of carbonyl (C=O) groups is 2. The largest absolute Gasteiger partial charge is 0.365 e. The molecule has 4 aromatic rings. The molecule has 3 aromatic heterocycles. The Morgan fingerprint density at radius 1 is 1.11 bits per heavy atom. The molecular weight excluding hydrogens is 442 g/mol. The van der Waals surface area contributed by atoms with Crippen molar-refractivity contribution in [1.29, 1.82) is 0 Å². The Morgan fingerprint density at radius 3 is 2.69 bits per heavy atom. The number of primary amides is 1. The topological polar surface area (TPSA) is 128 Å². The molecule has 4 N–H and O–H groups in total. The van der Waals surface area contributed by atoms with Gasteiger partial charge in [-0.2, -0.15) is 5.10 Å². The summed E-state index contributed by atoms with van der Waals surface area (Å²) < 4.78 is 1.77. The fourth-order valence-corrected chi connectivity index (χ4v) is 4.32. The van der Waals surface area contributed by atoms with Crippen molar-refractivity contribution in [2.24, 2.45) is 5.73 Å². The number of pyridine rings is 2. The number of nitrogens with two attached hydrogens (primary N) is 1. The van der Waals surface area contributed by atoms with Crippen LogP contribution in [0.1, 0.15) is 43.2 Å². The minimum atomic E-state index is -0.589. The molecule has 0 spiro atoms. The van der Waals surface area contributed by atoms with Crippen molar-refractivity contribution in [3.8, 4) is 11.3 Å². The molecule has 0 fully saturated rings. The summed E-state index contributed by atoms with van der Waals surface area (Å²) in [5, 5.41) is 10.8. The fourth-order valence-electron chi connectivity index (χ4n) is 4.32. The summed E-state index contributed by atoms with van der Waals surface area (Å²) >= 11 is 0. The van der Waals surface area contributed by atoms with Crippen LogP contribution in [0.2, 0.25) is 0 Å². The monoisotopic (exact) mass is 467 g/mol. The van der Waals surface area contributed by atoms with Crippen molar-refractivity contribution in [1.82, 2.24) is 19.7 Å². The van der Waals surface area contributed by atoms with Crippen molar-refractivity contribution < 1.29 is 9.59 Å². The summed E-state index contributed by atoms with van der Waals surface area (Å²) in [7, 11) is 0. The molecule has 9 heteroatoms. The van der Waals surface area contributed by atoms with E-state index in [0.29, 0.717) is 40.6 Å². The van der Waals surface area contributed by atoms with Gasteiger partial charge in [0.1, 0.15) is 28.6 Å². The number of amides is 2. The van der Waals surface area contributed by atoms with Gasteiger partial charge >= 0.3 is 0 Å². The molecule has 1 aliphatic rings. The first kappa shape index (κ1) is 22.3. The highest BCUT2D eigenvalue weighted by atomic mass is 16.2. The molecule has 4 heterocycles. The molecule has 0 unspecified atom stereocenters. The highest BCUT2D eigenvalue weighted by molar-refractivity contribution is 6.05. The first-order chi connectivity index (χ1) is 16.8. The van der Waals surface area contributed by atoms with E-state index in [0.717, 1.165) is 23.4 Å². The smallest absolute Gasteiger partial charge is 0.275 e. The number of hydrogen-bond donors (Lipinski definition) is 3. The fraction of sp³-hybridized carbons (Fsp3) is 0.192. The Labute approximate surface area is 202 Å². The quantitative estimate of drug-likeness (QED) is 0.417. The predicted octanol–water partition coefficient (Wildman–Crippen LogP) is 3.92. The summed E-state index contributed by atoms with van der Waals surface area (Å²) in [5.41, 5.74) is 12.1. The van der Waals surface area contributed by atoms with E-state index in [2.05, 4.69) is 26.7 Å². The Morgan fingerprint density at radius 2 is 1.94 bits per heavy atom. The molecule has 0 aliphatic carbocycles. The minimum absolute atomic E-state index is 0.265. The molecule has 0 atom stereocenters. The molecular formula is C26H25N7O2. The number of hydrogen-bond acceptors (Lipinski definition) is 6. The van der Waals surface area contributed by atoms with Crippen LogP contribution in [0.3, 0.4) is 0 Å². The molecule has 1 aliphatic heterocycles. The van der Waals surface area contributed by atoms with E-state index in [1.54, 1.807) is 23.7 Å². The highest BCUT2D eigenvalue weighted by Gasteiger charge is 2.26. The van der Waals surface area contributed by atoms with Crippen molar-refractivity contribution in [3.05, 3.63) is 82.3 Å². The zero-order chi connectivity index (χ0) is 24.7. The average molecular weight is 468 g/mol. The number of aromatic nitrogens is 4. The van der Waals surface area contributed by atoms with Gasteiger partial charge in [-0.15, -0.1) is 0 Å². The number of fused-ring (bicyclic) bond motifs is 2. The summed E-state index contributed by atoms with van der Waals surface area (Å²) in [6, 6.07) is 13.3. The molecule has 5 rings (SSSR count). The number of benzene rings is 1. The van der Waals surface area contributed by atoms with Crippen LogP contribution < -0.4 is 16.4 Å². The molecule has 35 heavy (non-hydrogen) atoms. The van der Waals surface area contributed by atoms with Gasteiger partial charge in [0.15, 0.2) is 0 Å². The second-order valence-corrected chi connectivity index (χ2v) is 8.70. The number of carbonyl (C=O) groups excluding carboxylic acids is 2. The van der Waals surface area contributed by atoms with Crippen LogP contribution in [-0.2, 0) is 13.0 Å². The Bertz CT molecular complexity index is 1490. The van der Waals surface area contributed by atoms with Crippen LogP contribution >= 0.6 is 0 Å². The van der Waals surface area contributed by atoms with E-state index in [9.17, 15) is 9.59 Å². The molecule has 0 bridgehead atoms. The Hall–Kier alpha value is -4.53. The lowest BCUT2D eigenvalue weighted by atomic mass is 10.0. The standard InChI is InChI=1S/C26H25N7O2/c1-14-7-8-19-17(11-14)9-10-33-25(30-19)21(24(27)34)23(32-33)18-12-15(2)22(28-13-18)26(35)31-20-6-4-5-16(3)29-20/h4-8,11-13,30H,9-10H2,1-3H3,(H2,27,34)(H,29,31,35). The van der Waals surface area contributed by atoms with Crippen LogP contribution in [0.4, 0.5) is 17.3 Å². The predicted molar refractivity (Wildman–Crippen MR) is 134 cm³/mol. The van der Waals surface area contributed by atoms with E-state index >= 15 is 0 Å². The van der Waals surface area contributed by atoms with E-state index in [1.807, 2.05) is 38.1 Å². The molecule has 176 valence electrons. The normalized spacial score (nSPS) is 12.2. The van der Waals surface area contributed by atoms with E-state index in [-0.39, 0.29) is 11.6 Å².